The summed E-state index contributed by atoms with van der Waals surface area (Å²) in [5.74, 6) is 0.807. The van der Waals surface area contributed by atoms with E-state index in [9.17, 15) is 4.79 Å². The highest BCUT2D eigenvalue weighted by atomic mass is 16.5. The van der Waals surface area contributed by atoms with Crippen LogP contribution in [-0.2, 0) is 14.3 Å². The maximum atomic E-state index is 12.0. The van der Waals surface area contributed by atoms with Crippen LogP contribution in [0, 0.1) is 5.92 Å². The van der Waals surface area contributed by atoms with Crippen LogP contribution in [0.15, 0.2) is 10.6 Å². The summed E-state index contributed by atoms with van der Waals surface area (Å²) in [6.07, 6.45) is 9.27. The van der Waals surface area contributed by atoms with E-state index in [1.54, 1.807) is 0 Å². The van der Waals surface area contributed by atoms with Gasteiger partial charge >= 0.3 is 5.97 Å². The van der Waals surface area contributed by atoms with Crippen LogP contribution in [0.3, 0.4) is 0 Å². The van der Waals surface area contributed by atoms with Crippen LogP contribution in [0.5, 0.6) is 0 Å². The third-order valence-electron chi connectivity index (χ3n) is 5.65. The molecule has 1 saturated heterocycles. The van der Waals surface area contributed by atoms with Crippen molar-refractivity contribution in [2.24, 2.45) is 5.92 Å². The zero-order chi connectivity index (χ0) is 18.5. The van der Waals surface area contributed by atoms with E-state index in [2.05, 4.69) is 10.1 Å². The zero-order valence-electron chi connectivity index (χ0n) is 16.3. The van der Waals surface area contributed by atoms with Crippen LogP contribution in [0.25, 0.3) is 0 Å². The van der Waals surface area contributed by atoms with Gasteiger partial charge < -0.3 is 18.9 Å². The van der Waals surface area contributed by atoms with Crippen molar-refractivity contribution < 1.29 is 18.8 Å². The van der Waals surface area contributed by atoms with Crippen molar-refractivity contribution in [2.75, 3.05) is 25.1 Å². The molecular formula is C20H32N2O4. The highest BCUT2D eigenvalue weighted by molar-refractivity contribution is 5.77. The van der Waals surface area contributed by atoms with E-state index in [1.165, 1.54) is 39.2 Å². The Kier molecular flexibility index (Phi) is 6.57. The number of rotatable bonds is 6. The first-order chi connectivity index (χ1) is 12.6. The fourth-order valence-corrected chi connectivity index (χ4v) is 4.11. The molecule has 1 aromatic heterocycles. The monoisotopic (exact) mass is 364 g/mol. The topological polar surface area (TPSA) is 64.8 Å². The molecule has 0 aromatic carbocycles. The van der Waals surface area contributed by atoms with E-state index in [0.29, 0.717) is 18.0 Å². The van der Waals surface area contributed by atoms with E-state index in [-0.39, 0.29) is 11.9 Å². The molecule has 2 heterocycles. The Bertz CT molecular complexity index is 572. The Hall–Kier alpha value is -1.56. The smallest absolute Gasteiger partial charge is 0.316 e. The van der Waals surface area contributed by atoms with Crippen LogP contribution in [0.2, 0.25) is 0 Å². The van der Waals surface area contributed by atoms with Crippen LogP contribution in [0.1, 0.15) is 70.5 Å². The van der Waals surface area contributed by atoms with Gasteiger partial charge in [0.05, 0.1) is 19.3 Å². The highest BCUT2D eigenvalue weighted by Gasteiger charge is 2.31. The largest absolute Gasteiger partial charge is 0.468 e. The number of ether oxygens (including phenoxy) is 2. The number of esters is 1. The molecule has 1 aliphatic heterocycles. The van der Waals surface area contributed by atoms with Gasteiger partial charge in [0.2, 0.25) is 0 Å². The van der Waals surface area contributed by atoms with E-state index in [4.69, 9.17) is 14.0 Å². The Morgan fingerprint density at radius 3 is 2.42 bits per heavy atom. The van der Waals surface area contributed by atoms with Crippen LogP contribution in [0.4, 0.5) is 5.82 Å². The summed E-state index contributed by atoms with van der Waals surface area (Å²) < 4.78 is 16.7. The number of carbonyl (C=O) groups excluding carboxylic acids is 1. The number of piperidine rings is 1. The van der Waals surface area contributed by atoms with Gasteiger partial charge in [-0.3, -0.25) is 4.79 Å². The molecule has 146 valence electrons. The molecule has 6 nitrogen and oxygen atoms in total. The quantitative estimate of drug-likeness (QED) is 0.713. The standard InChI is InChI=1S/C20H32N2O4/c1-14(2)19(20(23)24-3)17-13-18(21-26-17)22-11-9-16(10-12-22)25-15-7-5-4-6-8-15/h13-16,19H,4-12H2,1-3H3. The molecule has 0 N–H and O–H groups in total. The molecule has 1 atom stereocenters. The average Bonchev–Trinajstić information content (AvgIpc) is 3.12. The minimum atomic E-state index is -0.409. The molecule has 2 aliphatic rings. The molecular weight excluding hydrogens is 332 g/mol. The molecule has 1 aromatic rings. The fourth-order valence-electron chi connectivity index (χ4n) is 4.11. The second kappa shape index (κ2) is 8.89. The van der Waals surface area contributed by atoms with Gasteiger partial charge in [-0.1, -0.05) is 38.3 Å². The molecule has 1 aliphatic carbocycles. The lowest BCUT2D eigenvalue weighted by Crippen LogP contribution is -2.39. The van der Waals surface area contributed by atoms with Crippen LogP contribution in [-0.4, -0.2) is 43.5 Å². The summed E-state index contributed by atoms with van der Waals surface area (Å²) in [6.45, 7) is 5.79. The maximum Gasteiger partial charge on any atom is 0.316 e. The first kappa shape index (κ1) is 19.2. The lowest BCUT2D eigenvalue weighted by atomic mass is 9.93. The van der Waals surface area contributed by atoms with Gasteiger partial charge in [-0.2, -0.15) is 0 Å². The van der Waals surface area contributed by atoms with Gasteiger partial charge in [0.1, 0.15) is 5.92 Å². The summed E-state index contributed by atoms with van der Waals surface area (Å²) in [4.78, 5) is 14.3. The van der Waals surface area contributed by atoms with Crippen LogP contribution >= 0.6 is 0 Å². The lowest BCUT2D eigenvalue weighted by molar-refractivity contribution is -0.144. The number of anilines is 1. The Balaban J connectivity index is 1.54. The van der Waals surface area contributed by atoms with Crippen molar-refractivity contribution in [1.29, 1.82) is 0 Å². The number of hydrogen-bond donors (Lipinski definition) is 0. The number of hydrogen-bond acceptors (Lipinski definition) is 6. The van der Waals surface area contributed by atoms with Crippen LogP contribution < -0.4 is 4.90 Å². The minimum Gasteiger partial charge on any atom is -0.468 e. The maximum absolute atomic E-state index is 12.0. The van der Waals surface area contributed by atoms with Crippen molar-refractivity contribution >= 4 is 11.8 Å². The molecule has 0 bridgehead atoms. The lowest BCUT2D eigenvalue weighted by Gasteiger charge is -2.34. The summed E-state index contributed by atoms with van der Waals surface area (Å²) in [5, 5.41) is 4.20. The second-order valence-corrected chi connectivity index (χ2v) is 7.91. The summed E-state index contributed by atoms with van der Waals surface area (Å²) in [5.41, 5.74) is 0. The molecule has 0 amide bonds. The number of methoxy groups -OCH3 is 1. The number of carbonyl (C=O) groups is 1. The van der Waals surface area contributed by atoms with Gasteiger partial charge in [-0.05, 0) is 31.6 Å². The van der Waals surface area contributed by atoms with E-state index < -0.39 is 5.92 Å². The second-order valence-electron chi connectivity index (χ2n) is 7.91. The Morgan fingerprint density at radius 2 is 1.81 bits per heavy atom. The molecule has 1 saturated carbocycles. The van der Waals surface area contributed by atoms with E-state index >= 15 is 0 Å². The molecule has 0 spiro atoms. The first-order valence-corrected chi connectivity index (χ1v) is 10.0. The molecule has 26 heavy (non-hydrogen) atoms. The summed E-state index contributed by atoms with van der Waals surface area (Å²) >= 11 is 0. The Morgan fingerprint density at radius 1 is 1.15 bits per heavy atom. The third-order valence-corrected chi connectivity index (χ3v) is 5.65. The van der Waals surface area contributed by atoms with Gasteiger partial charge in [0, 0.05) is 19.2 Å². The van der Waals surface area contributed by atoms with Gasteiger partial charge in [-0.15, -0.1) is 0 Å². The molecule has 2 fully saturated rings. The first-order valence-electron chi connectivity index (χ1n) is 10.0. The summed E-state index contributed by atoms with van der Waals surface area (Å²) in [7, 11) is 1.41. The summed E-state index contributed by atoms with van der Waals surface area (Å²) in [6, 6.07) is 1.89. The highest BCUT2D eigenvalue weighted by Crippen LogP contribution is 2.31. The van der Waals surface area contributed by atoms with Crippen molar-refractivity contribution in [3.63, 3.8) is 0 Å². The van der Waals surface area contributed by atoms with Crippen molar-refractivity contribution in [3.05, 3.63) is 11.8 Å². The average molecular weight is 364 g/mol. The van der Waals surface area contributed by atoms with Crippen molar-refractivity contribution in [3.8, 4) is 0 Å². The number of aromatic nitrogens is 1. The normalized spacial score (nSPS) is 21.2. The van der Waals surface area contributed by atoms with Gasteiger partial charge in [-0.25, -0.2) is 0 Å². The minimum absolute atomic E-state index is 0.0953. The SMILES string of the molecule is COC(=O)C(c1cc(N2CCC(OC3CCCCC3)CC2)no1)C(C)C. The predicted octanol–water partition coefficient (Wildman–Crippen LogP) is 3.91. The Labute approximate surface area is 156 Å². The van der Waals surface area contributed by atoms with Crippen molar-refractivity contribution in [2.45, 2.75) is 76.9 Å². The predicted molar refractivity (Wildman–Crippen MR) is 99.3 cm³/mol. The van der Waals surface area contributed by atoms with E-state index in [1.807, 2.05) is 19.9 Å². The number of nitrogens with zero attached hydrogens (tertiary/aromatic N) is 2. The third kappa shape index (κ3) is 4.58. The van der Waals surface area contributed by atoms with Crippen molar-refractivity contribution in [1.82, 2.24) is 5.16 Å². The zero-order valence-corrected chi connectivity index (χ0v) is 16.3. The molecule has 1 unspecified atom stereocenters. The van der Waals surface area contributed by atoms with Gasteiger partial charge in [0.15, 0.2) is 11.6 Å². The molecule has 6 heteroatoms. The fraction of sp³-hybridized carbons (Fsp3) is 0.800. The molecule has 3 rings (SSSR count). The van der Waals surface area contributed by atoms with Gasteiger partial charge in [0.25, 0.3) is 0 Å². The van der Waals surface area contributed by atoms with E-state index in [0.717, 1.165) is 31.7 Å². The molecule has 0 radical (unpaired) electrons.